The maximum Gasteiger partial charge on any atom is 0.260 e. The van der Waals surface area contributed by atoms with Gasteiger partial charge in [0.15, 0.2) is 16.7 Å². The van der Waals surface area contributed by atoms with Gasteiger partial charge in [-0.25, -0.2) is 15.0 Å². The minimum Gasteiger partial charge on any atom is -0.463 e. The predicted octanol–water partition coefficient (Wildman–Crippen LogP) is 3.36. The summed E-state index contributed by atoms with van der Waals surface area (Å²) in [7, 11) is 0. The van der Waals surface area contributed by atoms with Crippen molar-refractivity contribution in [1.29, 1.82) is 0 Å². The molecule has 4 rings (SSSR count). The summed E-state index contributed by atoms with van der Waals surface area (Å²) in [6, 6.07) is 3.48. The zero-order valence-electron chi connectivity index (χ0n) is 15.2. The van der Waals surface area contributed by atoms with Crippen LogP contribution in [0.5, 0.6) is 0 Å². The highest BCUT2D eigenvalue weighted by molar-refractivity contribution is 7.18. The molecule has 8 nitrogen and oxygen atoms in total. The van der Waals surface area contributed by atoms with Gasteiger partial charge in [0.1, 0.15) is 16.4 Å². The molecule has 1 amide bonds. The van der Waals surface area contributed by atoms with Crippen LogP contribution in [0.3, 0.4) is 0 Å². The molecule has 1 saturated heterocycles. The molecule has 0 radical (unpaired) electrons. The molecule has 0 unspecified atom stereocenters. The lowest BCUT2D eigenvalue weighted by molar-refractivity contribution is 0.0547. The van der Waals surface area contributed by atoms with Gasteiger partial charge in [0.05, 0.1) is 11.8 Å². The second-order valence-corrected chi connectivity index (χ2v) is 7.40. The van der Waals surface area contributed by atoms with Crippen molar-refractivity contribution in [1.82, 2.24) is 15.0 Å². The summed E-state index contributed by atoms with van der Waals surface area (Å²) in [6.45, 7) is 2.89. The molecule has 1 aliphatic rings. The molecule has 1 fully saturated rings. The Kier molecular flexibility index (Phi) is 5.27. The highest BCUT2D eigenvalue weighted by Crippen LogP contribution is 2.35. The number of hydrogen-bond acceptors (Lipinski definition) is 8. The first-order valence-corrected chi connectivity index (χ1v) is 9.70. The Morgan fingerprint density at radius 1 is 1.21 bits per heavy atom. The molecule has 1 N–H and O–H groups in total. The van der Waals surface area contributed by atoms with Gasteiger partial charge in [0, 0.05) is 31.5 Å². The van der Waals surface area contributed by atoms with E-state index in [9.17, 15) is 9.59 Å². The van der Waals surface area contributed by atoms with Crippen molar-refractivity contribution in [2.75, 3.05) is 18.5 Å². The van der Waals surface area contributed by atoms with Crippen molar-refractivity contribution in [2.24, 2.45) is 5.92 Å². The third kappa shape index (κ3) is 3.85. The number of ketones is 1. The number of nitrogens with zero attached hydrogens (tertiary/aromatic N) is 3. The monoisotopic (exact) mass is 398 g/mol. The highest BCUT2D eigenvalue weighted by Gasteiger charge is 2.29. The quantitative estimate of drug-likeness (QED) is 0.657. The number of nitrogens with one attached hydrogen (secondary N) is 1. The van der Waals surface area contributed by atoms with Crippen LogP contribution in [0, 0.1) is 12.8 Å². The van der Waals surface area contributed by atoms with Gasteiger partial charge >= 0.3 is 0 Å². The molecule has 0 atom stereocenters. The average molecular weight is 398 g/mol. The lowest BCUT2D eigenvalue weighted by Gasteiger charge is -2.20. The van der Waals surface area contributed by atoms with Crippen molar-refractivity contribution < 1.29 is 18.7 Å². The molecule has 0 spiro atoms. The number of thiazole rings is 1. The van der Waals surface area contributed by atoms with E-state index in [1.54, 1.807) is 19.1 Å². The molecule has 3 aromatic heterocycles. The minimum atomic E-state index is -0.384. The molecular formula is C19H18N4O4S. The van der Waals surface area contributed by atoms with Crippen LogP contribution in [0.2, 0.25) is 0 Å². The maximum absolute atomic E-state index is 13.1. The molecule has 0 aliphatic carbocycles. The van der Waals surface area contributed by atoms with Crippen LogP contribution in [0.4, 0.5) is 5.13 Å². The highest BCUT2D eigenvalue weighted by atomic mass is 32.1. The number of Topliss-reactive ketones (excluding diaryl/α,β-unsaturated/α-hetero) is 1. The predicted molar refractivity (Wildman–Crippen MR) is 102 cm³/mol. The van der Waals surface area contributed by atoms with E-state index in [0.29, 0.717) is 58.9 Å². The van der Waals surface area contributed by atoms with E-state index in [2.05, 4.69) is 20.3 Å². The maximum atomic E-state index is 13.1. The third-order valence-electron chi connectivity index (χ3n) is 4.46. The van der Waals surface area contributed by atoms with Gasteiger partial charge in [0.2, 0.25) is 0 Å². The zero-order chi connectivity index (χ0) is 19.5. The van der Waals surface area contributed by atoms with Gasteiger partial charge in [-0.05, 0) is 31.9 Å². The van der Waals surface area contributed by atoms with E-state index < -0.39 is 0 Å². The third-order valence-corrected chi connectivity index (χ3v) is 5.45. The second kappa shape index (κ2) is 7.99. The second-order valence-electron chi connectivity index (χ2n) is 6.40. The van der Waals surface area contributed by atoms with E-state index >= 15 is 0 Å². The standard InChI is InChI=1S/C19H18N4O4S/c1-11-20-9-13(10-21-11)18(25)23-19-22-15(14-3-2-6-27-14)17(28-19)16(24)12-4-7-26-8-5-12/h2-3,6,9-10,12H,4-5,7-8H2,1H3,(H,22,23,25). The Labute approximate surface area is 165 Å². The molecule has 9 heteroatoms. The van der Waals surface area contributed by atoms with E-state index in [-0.39, 0.29) is 17.6 Å². The fraction of sp³-hybridized carbons (Fsp3) is 0.316. The molecule has 144 valence electrons. The van der Waals surface area contributed by atoms with Crippen LogP contribution < -0.4 is 5.32 Å². The zero-order valence-corrected chi connectivity index (χ0v) is 16.0. The first-order valence-electron chi connectivity index (χ1n) is 8.88. The first kappa shape index (κ1) is 18.5. The fourth-order valence-electron chi connectivity index (χ4n) is 2.95. The van der Waals surface area contributed by atoms with E-state index in [0.717, 1.165) is 11.3 Å². The summed E-state index contributed by atoms with van der Waals surface area (Å²) < 4.78 is 10.8. The molecule has 28 heavy (non-hydrogen) atoms. The van der Waals surface area contributed by atoms with Crippen LogP contribution in [-0.2, 0) is 4.74 Å². The molecule has 1 aliphatic heterocycles. The van der Waals surface area contributed by atoms with Gasteiger partial charge in [-0.1, -0.05) is 11.3 Å². The number of rotatable bonds is 5. The lowest BCUT2D eigenvalue weighted by atomic mass is 9.94. The summed E-state index contributed by atoms with van der Waals surface area (Å²) in [5.41, 5.74) is 0.764. The summed E-state index contributed by atoms with van der Waals surface area (Å²) in [5, 5.41) is 3.05. The van der Waals surface area contributed by atoms with Crippen molar-refractivity contribution in [3.8, 4) is 11.5 Å². The number of aromatic nitrogens is 3. The Hall–Kier alpha value is -2.91. The van der Waals surface area contributed by atoms with Gasteiger partial charge in [-0.3, -0.25) is 14.9 Å². The van der Waals surface area contributed by atoms with Crippen molar-refractivity contribution >= 4 is 28.2 Å². The van der Waals surface area contributed by atoms with Crippen molar-refractivity contribution in [2.45, 2.75) is 19.8 Å². The number of carbonyl (C=O) groups is 2. The van der Waals surface area contributed by atoms with Gasteiger partial charge in [-0.15, -0.1) is 0 Å². The topological polar surface area (TPSA) is 107 Å². The van der Waals surface area contributed by atoms with Crippen molar-refractivity contribution in [3.05, 3.63) is 47.1 Å². The number of carbonyl (C=O) groups excluding carboxylic acids is 2. The van der Waals surface area contributed by atoms with Crippen LogP contribution in [0.15, 0.2) is 35.2 Å². The van der Waals surface area contributed by atoms with Gasteiger partial charge < -0.3 is 9.15 Å². The molecule has 0 bridgehead atoms. The number of hydrogen-bond donors (Lipinski definition) is 1. The average Bonchev–Trinajstić information content (AvgIpc) is 3.38. The number of amides is 1. The summed E-state index contributed by atoms with van der Waals surface area (Å²) in [4.78, 5) is 38.5. The van der Waals surface area contributed by atoms with Crippen LogP contribution in [0.25, 0.3) is 11.5 Å². The van der Waals surface area contributed by atoms with Crippen LogP contribution >= 0.6 is 11.3 Å². The summed E-state index contributed by atoms with van der Waals surface area (Å²) in [6.07, 6.45) is 5.78. The number of ether oxygens (including phenoxy) is 1. The Bertz CT molecular complexity index is 976. The first-order chi connectivity index (χ1) is 13.6. The van der Waals surface area contributed by atoms with Gasteiger partial charge in [-0.2, -0.15) is 0 Å². The Morgan fingerprint density at radius 3 is 2.64 bits per heavy atom. The SMILES string of the molecule is Cc1ncc(C(=O)Nc2nc(-c3ccco3)c(C(=O)C3CCOCC3)s2)cn1. The normalized spacial score (nSPS) is 14.8. The van der Waals surface area contributed by atoms with Crippen LogP contribution in [0.1, 0.15) is 38.7 Å². The molecule has 0 aromatic carbocycles. The largest absolute Gasteiger partial charge is 0.463 e. The smallest absolute Gasteiger partial charge is 0.260 e. The van der Waals surface area contributed by atoms with E-state index in [1.807, 2.05) is 0 Å². The molecule has 4 heterocycles. The van der Waals surface area contributed by atoms with Crippen LogP contribution in [-0.4, -0.2) is 39.9 Å². The van der Waals surface area contributed by atoms with E-state index in [1.165, 1.54) is 18.7 Å². The number of furan rings is 1. The summed E-state index contributed by atoms with van der Waals surface area (Å²) >= 11 is 1.15. The van der Waals surface area contributed by atoms with Crippen molar-refractivity contribution in [3.63, 3.8) is 0 Å². The number of aryl methyl sites for hydroxylation is 1. The summed E-state index contributed by atoms with van der Waals surface area (Å²) in [5.74, 6) is 0.578. The lowest BCUT2D eigenvalue weighted by Crippen LogP contribution is -2.23. The Balaban J connectivity index is 1.62. The minimum absolute atomic E-state index is 0.00590. The van der Waals surface area contributed by atoms with E-state index in [4.69, 9.17) is 9.15 Å². The number of anilines is 1. The molecule has 3 aromatic rings. The fourth-order valence-corrected chi connectivity index (χ4v) is 3.93. The molecule has 0 saturated carbocycles. The Morgan fingerprint density at radius 2 is 1.96 bits per heavy atom. The van der Waals surface area contributed by atoms with Gasteiger partial charge in [0.25, 0.3) is 5.91 Å². The molecular weight excluding hydrogens is 380 g/mol.